The molecule has 2 aromatic heterocycles. The third kappa shape index (κ3) is 3.38. The van der Waals surface area contributed by atoms with Crippen molar-refractivity contribution in [1.82, 2.24) is 20.0 Å². The molecule has 1 fully saturated rings. The first-order valence-electron chi connectivity index (χ1n) is 8.71. The van der Waals surface area contributed by atoms with Crippen LogP contribution in [0.25, 0.3) is 11.5 Å². The third-order valence-corrected chi connectivity index (χ3v) is 4.55. The molecule has 138 valence electrons. The lowest BCUT2D eigenvalue weighted by Crippen LogP contribution is -2.39. The molecule has 0 aliphatic carbocycles. The fraction of sp³-hybridized carbons (Fsp3) is 0.263. The minimum absolute atomic E-state index is 0.00847. The Morgan fingerprint density at radius 1 is 1.11 bits per heavy atom. The number of hydrogen-bond acceptors (Lipinski definition) is 5. The predicted molar refractivity (Wildman–Crippen MR) is 94.2 cm³/mol. The number of aromatic nitrogens is 3. The molecule has 1 aromatic carbocycles. The Morgan fingerprint density at radius 2 is 1.93 bits per heavy atom. The van der Waals surface area contributed by atoms with E-state index in [-0.39, 0.29) is 23.3 Å². The van der Waals surface area contributed by atoms with Crippen LogP contribution in [-0.2, 0) is 4.79 Å². The summed E-state index contributed by atoms with van der Waals surface area (Å²) in [6, 6.07) is 10.9. The lowest BCUT2D eigenvalue weighted by molar-refractivity contribution is -0.135. The number of carbonyl (C=O) groups is 1. The number of amides is 1. The maximum absolute atomic E-state index is 14.0. The van der Waals surface area contributed by atoms with E-state index >= 15 is 0 Å². The van der Waals surface area contributed by atoms with Crippen molar-refractivity contribution < 1.29 is 13.7 Å². The molecule has 1 saturated heterocycles. The van der Waals surface area contributed by atoms with Gasteiger partial charge in [0.05, 0.1) is 0 Å². The molecule has 1 amide bonds. The van der Waals surface area contributed by atoms with Gasteiger partial charge in [-0.1, -0.05) is 35.5 Å². The number of benzene rings is 1. The molecule has 1 atom stereocenters. The van der Waals surface area contributed by atoms with Gasteiger partial charge in [0.15, 0.2) is 5.82 Å². The van der Waals surface area contributed by atoms with E-state index in [4.69, 9.17) is 4.52 Å². The maximum Gasteiger partial charge on any atom is 0.254 e. The largest absolute Gasteiger partial charge is 0.336 e. The highest BCUT2D eigenvalue weighted by atomic mass is 19.1. The Bertz CT molecular complexity index is 1020. The average molecular weight is 368 g/mol. The molecule has 0 radical (unpaired) electrons. The van der Waals surface area contributed by atoms with Crippen molar-refractivity contribution in [3.05, 3.63) is 70.1 Å². The Morgan fingerprint density at radius 3 is 2.70 bits per heavy atom. The number of carbonyl (C=O) groups excluding carboxylic acids is 1. The van der Waals surface area contributed by atoms with Crippen LogP contribution in [0.4, 0.5) is 4.39 Å². The molecular formula is C19H17FN4O3. The second kappa shape index (κ2) is 7.14. The Labute approximate surface area is 153 Å². The van der Waals surface area contributed by atoms with Crippen molar-refractivity contribution in [2.75, 3.05) is 6.54 Å². The van der Waals surface area contributed by atoms with Gasteiger partial charge in [0.25, 0.3) is 5.89 Å². The second-order valence-electron chi connectivity index (χ2n) is 6.36. The molecule has 27 heavy (non-hydrogen) atoms. The zero-order valence-electron chi connectivity index (χ0n) is 14.4. The molecule has 3 aromatic rings. The van der Waals surface area contributed by atoms with Crippen LogP contribution < -0.4 is 5.56 Å². The molecule has 7 nitrogen and oxygen atoms in total. The van der Waals surface area contributed by atoms with E-state index in [2.05, 4.69) is 15.1 Å². The van der Waals surface area contributed by atoms with E-state index in [9.17, 15) is 14.0 Å². The predicted octanol–water partition coefficient (Wildman–Crippen LogP) is 2.67. The number of nitrogens with zero attached hydrogens (tertiary/aromatic N) is 3. The molecule has 0 saturated carbocycles. The summed E-state index contributed by atoms with van der Waals surface area (Å²) in [6.07, 6.45) is 2.20. The highest BCUT2D eigenvalue weighted by Crippen LogP contribution is 2.31. The first-order valence-corrected chi connectivity index (χ1v) is 8.71. The number of pyridine rings is 1. The lowest BCUT2D eigenvalue weighted by Gasteiger charge is -2.32. The van der Waals surface area contributed by atoms with Crippen LogP contribution in [0.1, 0.15) is 36.8 Å². The van der Waals surface area contributed by atoms with Gasteiger partial charge in [0.2, 0.25) is 17.3 Å². The van der Waals surface area contributed by atoms with E-state index in [1.807, 2.05) is 30.3 Å². The van der Waals surface area contributed by atoms with E-state index in [0.717, 1.165) is 30.5 Å². The molecule has 1 aliphatic rings. The van der Waals surface area contributed by atoms with Crippen molar-refractivity contribution in [1.29, 1.82) is 0 Å². The fourth-order valence-corrected chi connectivity index (χ4v) is 3.26. The van der Waals surface area contributed by atoms with Crippen LogP contribution in [0, 0.1) is 5.82 Å². The van der Waals surface area contributed by atoms with E-state index in [0.29, 0.717) is 13.0 Å². The number of rotatable bonds is 4. The van der Waals surface area contributed by atoms with Crippen LogP contribution in [0.5, 0.6) is 0 Å². The fourth-order valence-electron chi connectivity index (χ4n) is 3.26. The minimum Gasteiger partial charge on any atom is -0.336 e. The number of nitrogens with one attached hydrogen (secondary N) is 1. The lowest BCUT2D eigenvalue weighted by atomic mass is 10.0. The average Bonchev–Trinajstić information content (AvgIpc) is 3.16. The summed E-state index contributed by atoms with van der Waals surface area (Å²) < 4.78 is 19.4. The number of H-pyrrole nitrogens is 1. The van der Waals surface area contributed by atoms with Crippen LogP contribution in [0.2, 0.25) is 0 Å². The van der Waals surface area contributed by atoms with Gasteiger partial charge in [-0.3, -0.25) is 9.59 Å². The summed E-state index contributed by atoms with van der Waals surface area (Å²) in [4.78, 5) is 32.4. The molecule has 8 heteroatoms. The monoisotopic (exact) mass is 368 g/mol. The number of likely N-dealkylation sites (tertiary alicyclic amines) is 1. The number of hydrogen-bond donors (Lipinski definition) is 1. The zero-order valence-corrected chi connectivity index (χ0v) is 14.4. The Balaban J connectivity index is 1.77. The molecule has 3 heterocycles. The standard InChI is InChI=1S/C19H17FN4O3/c20-13-9-10-14(25)21-16(13)18-22-19(27-23-18)17(12-6-2-1-3-7-12)24-11-5-4-8-15(24)26/h1-3,6-7,9-10,17H,4-5,8,11H2,(H,21,25). The summed E-state index contributed by atoms with van der Waals surface area (Å²) in [5.41, 5.74) is 0.211. The number of halogens is 1. The summed E-state index contributed by atoms with van der Waals surface area (Å²) in [6.45, 7) is 0.576. The van der Waals surface area contributed by atoms with Crippen LogP contribution >= 0.6 is 0 Å². The van der Waals surface area contributed by atoms with Crippen molar-refractivity contribution in [3.63, 3.8) is 0 Å². The van der Waals surface area contributed by atoms with E-state index in [1.54, 1.807) is 4.90 Å². The van der Waals surface area contributed by atoms with Crippen molar-refractivity contribution >= 4 is 5.91 Å². The summed E-state index contributed by atoms with van der Waals surface area (Å²) in [5, 5.41) is 3.82. The van der Waals surface area contributed by atoms with E-state index < -0.39 is 17.4 Å². The van der Waals surface area contributed by atoms with Gasteiger partial charge in [0.1, 0.15) is 11.7 Å². The van der Waals surface area contributed by atoms with Crippen LogP contribution in [-0.4, -0.2) is 32.5 Å². The third-order valence-electron chi connectivity index (χ3n) is 4.55. The van der Waals surface area contributed by atoms with Gasteiger partial charge >= 0.3 is 0 Å². The van der Waals surface area contributed by atoms with Gasteiger partial charge in [-0.05, 0) is 24.5 Å². The SMILES string of the molecule is O=C1CCCCN1C(c1ccccc1)c1nc(-c2[nH]c(=O)ccc2F)no1. The van der Waals surface area contributed by atoms with E-state index in [1.165, 1.54) is 0 Å². The van der Waals surface area contributed by atoms with Gasteiger partial charge in [0, 0.05) is 19.0 Å². The Kier molecular flexibility index (Phi) is 4.53. The zero-order chi connectivity index (χ0) is 18.8. The van der Waals surface area contributed by atoms with Gasteiger partial charge in [-0.2, -0.15) is 4.98 Å². The van der Waals surface area contributed by atoms with Crippen LogP contribution in [0.15, 0.2) is 51.8 Å². The summed E-state index contributed by atoms with van der Waals surface area (Å²) >= 11 is 0. The molecule has 1 N–H and O–H groups in total. The normalized spacial score (nSPS) is 15.7. The van der Waals surface area contributed by atoms with Crippen molar-refractivity contribution in [2.45, 2.75) is 25.3 Å². The molecule has 1 aliphatic heterocycles. The molecule has 0 spiro atoms. The highest BCUT2D eigenvalue weighted by molar-refractivity contribution is 5.77. The molecule has 4 rings (SSSR count). The van der Waals surface area contributed by atoms with Crippen molar-refractivity contribution in [3.8, 4) is 11.5 Å². The number of piperidine rings is 1. The van der Waals surface area contributed by atoms with Gasteiger partial charge < -0.3 is 14.4 Å². The second-order valence-corrected chi connectivity index (χ2v) is 6.36. The number of aromatic amines is 1. The Hall–Kier alpha value is -3.29. The topological polar surface area (TPSA) is 92.1 Å². The van der Waals surface area contributed by atoms with Gasteiger partial charge in [-0.25, -0.2) is 4.39 Å². The highest BCUT2D eigenvalue weighted by Gasteiger charge is 2.33. The van der Waals surface area contributed by atoms with Crippen molar-refractivity contribution in [2.24, 2.45) is 0 Å². The first kappa shape index (κ1) is 17.1. The van der Waals surface area contributed by atoms with Crippen LogP contribution in [0.3, 0.4) is 0 Å². The first-order chi connectivity index (χ1) is 13.1. The maximum atomic E-state index is 14.0. The summed E-state index contributed by atoms with van der Waals surface area (Å²) in [5.74, 6) is -0.539. The molecule has 0 bridgehead atoms. The van der Waals surface area contributed by atoms with Gasteiger partial charge in [-0.15, -0.1) is 0 Å². The smallest absolute Gasteiger partial charge is 0.254 e. The quantitative estimate of drug-likeness (QED) is 0.764. The molecular weight excluding hydrogens is 351 g/mol. The molecule has 1 unspecified atom stereocenters. The summed E-state index contributed by atoms with van der Waals surface area (Å²) in [7, 11) is 0. The minimum atomic E-state index is -0.660.